The number of fused-ring (bicyclic) bond motifs is 7. The van der Waals surface area contributed by atoms with Crippen molar-refractivity contribution in [3.63, 3.8) is 0 Å². The van der Waals surface area contributed by atoms with Crippen molar-refractivity contribution in [2.24, 2.45) is 0 Å². The summed E-state index contributed by atoms with van der Waals surface area (Å²) in [6.45, 7) is 0. The highest BCUT2D eigenvalue weighted by atomic mass is 32.1. The Balaban J connectivity index is 1.06. The lowest BCUT2D eigenvalue weighted by Crippen LogP contribution is -2.10. The van der Waals surface area contributed by atoms with Gasteiger partial charge in [-0.3, -0.25) is 0 Å². The number of nitrogens with zero attached hydrogens (tertiary/aromatic N) is 1. The van der Waals surface area contributed by atoms with Crippen molar-refractivity contribution in [1.29, 1.82) is 0 Å². The van der Waals surface area contributed by atoms with E-state index in [0.29, 0.717) is 0 Å². The van der Waals surface area contributed by atoms with Crippen molar-refractivity contribution in [2.45, 2.75) is 0 Å². The summed E-state index contributed by atoms with van der Waals surface area (Å²) < 4.78 is 9.59. The molecule has 2 aromatic heterocycles. The Bertz CT molecular complexity index is 3950. The summed E-state index contributed by atoms with van der Waals surface area (Å²) in [5.74, 6) is 0. The average Bonchev–Trinajstić information content (AvgIpc) is 3.98. The summed E-state index contributed by atoms with van der Waals surface area (Å²) in [4.78, 5) is 2.47. The minimum Gasteiger partial charge on any atom is -0.455 e. The molecule has 0 aliphatic heterocycles. The van der Waals surface area contributed by atoms with Crippen molar-refractivity contribution in [1.82, 2.24) is 0 Å². The maximum atomic E-state index is 7.10. The van der Waals surface area contributed by atoms with Crippen LogP contribution >= 0.6 is 11.3 Å². The second-order valence-electron chi connectivity index (χ2n) is 17.2. The van der Waals surface area contributed by atoms with Gasteiger partial charge in [0.05, 0.1) is 21.5 Å². The molecule has 314 valence electrons. The van der Waals surface area contributed by atoms with E-state index >= 15 is 0 Å². The fraction of sp³-hybridized carbons (Fsp3) is 0. The third-order valence-corrected chi connectivity index (χ3v) is 14.5. The van der Waals surface area contributed by atoms with Crippen molar-refractivity contribution < 1.29 is 4.42 Å². The zero-order chi connectivity index (χ0) is 44.3. The van der Waals surface area contributed by atoms with Crippen molar-refractivity contribution >= 4 is 81.3 Å². The lowest BCUT2D eigenvalue weighted by Gasteiger charge is -2.27. The summed E-state index contributed by atoms with van der Waals surface area (Å²) in [6, 6.07) is 90.0. The molecule has 0 amide bonds. The van der Waals surface area contributed by atoms with Crippen molar-refractivity contribution in [2.75, 3.05) is 4.90 Å². The molecule has 11 aromatic carbocycles. The third-order valence-electron chi connectivity index (χ3n) is 13.3. The molecule has 0 saturated heterocycles. The number of hydrogen-bond donors (Lipinski definition) is 0. The van der Waals surface area contributed by atoms with Crippen LogP contribution in [-0.2, 0) is 0 Å². The Labute approximate surface area is 392 Å². The normalized spacial score (nSPS) is 11.6. The summed E-state index contributed by atoms with van der Waals surface area (Å²) in [6.07, 6.45) is 0. The molecule has 67 heavy (non-hydrogen) atoms. The van der Waals surface area contributed by atoms with Crippen LogP contribution in [0.4, 0.5) is 17.1 Å². The smallest absolute Gasteiger partial charge is 0.145 e. The average molecular weight is 872 g/mol. The Kier molecular flexibility index (Phi) is 9.40. The Morgan fingerprint density at radius 1 is 0.328 bits per heavy atom. The van der Waals surface area contributed by atoms with Gasteiger partial charge in [-0.25, -0.2) is 0 Å². The molecule has 2 nitrogen and oxygen atoms in total. The molecule has 0 spiro atoms. The summed E-state index contributed by atoms with van der Waals surface area (Å²) in [5.41, 5.74) is 16.6. The molecule has 0 bridgehead atoms. The van der Waals surface area contributed by atoms with Gasteiger partial charge >= 0.3 is 0 Å². The van der Waals surface area contributed by atoms with Crippen LogP contribution in [-0.4, -0.2) is 0 Å². The molecule has 0 unspecified atom stereocenters. The molecule has 0 saturated carbocycles. The van der Waals surface area contributed by atoms with Gasteiger partial charge in [-0.2, -0.15) is 0 Å². The second-order valence-corrected chi connectivity index (χ2v) is 18.3. The van der Waals surface area contributed by atoms with E-state index in [4.69, 9.17) is 4.42 Å². The van der Waals surface area contributed by atoms with Gasteiger partial charge in [0.2, 0.25) is 0 Å². The predicted octanol–water partition coefficient (Wildman–Crippen LogP) is 18.9. The largest absolute Gasteiger partial charge is 0.455 e. The maximum Gasteiger partial charge on any atom is 0.145 e. The maximum absolute atomic E-state index is 7.10. The second kappa shape index (κ2) is 16.2. The van der Waals surface area contributed by atoms with Crippen LogP contribution in [0.2, 0.25) is 0 Å². The fourth-order valence-electron chi connectivity index (χ4n) is 10.0. The molecule has 0 radical (unpaired) electrons. The van der Waals surface area contributed by atoms with Crippen LogP contribution in [0.1, 0.15) is 0 Å². The van der Waals surface area contributed by atoms with Crippen LogP contribution < -0.4 is 4.90 Å². The molecule has 0 aliphatic rings. The first-order chi connectivity index (χ1) is 33.2. The molecular formula is C64H41NOS. The van der Waals surface area contributed by atoms with Gasteiger partial charge in [0.15, 0.2) is 0 Å². The van der Waals surface area contributed by atoms with E-state index in [1.807, 2.05) is 11.3 Å². The lowest BCUT2D eigenvalue weighted by atomic mass is 9.91. The Morgan fingerprint density at radius 2 is 0.851 bits per heavy atom. The Morgan fingerprint density at radius 3 is 1.48 bits per heavy atom. The minimum atomic E-state index is 0.856. The van der Waals surface area contributed by atoms with Crippen LogP contribution in [0.3, 0.4) is 0 Å². The van der Waals surface area contributed by atoms with Gasteiger partial charge in [0, 0.05) is 32.1 Å². The van der Waals surface area contributed by atoms with E-state index < -0.39 is 0 Å². The van der Waals surface area contributed by atoms with Crippen LogP contribution in [0.25, 0.3) is 109 Å². The topological polar surface area (TPSA) is 16.4 Å². The molecule has 3 heteroatoms. The molecule has 0 aliphatic carbocycles. The quantitative estimate of drug-likeness (QED) is 0.151. The van der Waals surface area contributed by atoms with Gasteiger partial charge in [0.25, 0.3) is 0 Å². The lowest BCUT2D eigenvalue weighted by molar-refractivity contribution is 0.670. The molecule has 13 aromatic rings. The van der Waals surface area contributed by atoms with E-state index in [2.05, 4.69) is 254 Å². The first kappa shape index (κ1) is 38.9. The summed E-state index contributed by atoms with van der Waals surface area (Å²) >= 11 is 1.86. The van der Waals surface area contributed by atoms with Gasteiger partial charge in [-0.1, -0.05) is 188 Å². The van der Waals surface area contributed by atoms with E-state index in [1.165, 1.54) is 58.8 Å². The zero-order valence-electron chi connectivity index (χ0n) is 36.4. The number of thiophene rings is 1. The Hall–Kier alpha value is -8.50. The number of hydrogen-bond acceptors (Lipinski definition) is 3. The number of benzene rings is 11. The van der Waals surface area contributed by atoms with Gasteiger partial charge in [0.1, 0.15) is 11.2 Å². The van der Waals surface area contributed by atoms with Crippen LogP contribution in [0, 0.1) is 0 Å². The van der Waals surface area contributed by atoms with E-state index in [9.17, 15) is 0 Å². The first-order valence-electron chi connectivity index (χ1n) is 22.8. The standard InChI is InChI=1S/C64H41NOS/c1-5-16-42(17-6-1)49-31-35-55-60(40-49)66-63-52(44-20-9-3-10-21-44)36-37-58(62(55)63)65(59-27-15-26-54-53-34-30-50(41-61(53)67-64(54)59)43-18-7-2-8-19-43)51-32-28-46(29-33-51)57-39-48-25-14-13-24-47(48)38-56(57)45-22-11-4-12-23-45/h1-41H. The SMILES string of the molecule is c1ccc(-c2ccc3c(c2)oc2c(-c4ccccc4)ccc(N(c4ccc(-c5cc6ccccc6cc5-c5ccccc5)cc4)c4cccc5c4sc4cc(-c6ccccc6)ccc45)c23)cc1. The predicted molar refractivity (Wildman–Crippen MR) is 286 cm³/mol. The molecule has 0 N–H and O–H groups in total. The molecular weight excluding hydrogens is 831 g/mol. The third kappa shape index (κ3) is 6.79. The molecule has 2 heterocycles. The van der Waals surface area contributed by atoms with E-state index in [1.54, 1.807) is 0 Å². The highest BCUT2D eigenvalue weighted by molar-refractivity contribution is 7.26. The molecule has 0 atom stereocenters. The monoisotopic (exact) mass is 871 g/mol. The highest BCUT2D eigenvalue weighted by Crippen LogP contribution is 2.50. The minimum absolute atomic E-state index is 0.856. The van der Waals surface area contributed by atoms with Gasteiger partial charge < -0.3 is 9.32 Å². The summed E-state index contributed by atoms with van der Waals surface area (Å²) in [7, 11) is 0. The fourth-order valence-corrected chi connectivity index (χ4v) is 11.3. The van der Waals surface area contributed by atoms with Crippen molar-refractivity contribution in [3.8, 4) is 55.6 Å². The van der Waals surface area contributed by atoms with E-state index in [-0.39, 0.29) is 0 Å². The van der Waals surface area contributed by atoms with Gasteiger partial charge in [-0.15, -0.1) is 11.3 Å². The number of anilines is 3. The molecule has 13 rings (SSSR count). The zero-order valence-corrected chi connectivity index (χ0v) is 37.3. The number of furan rings is 1. The summed E-state index contributed by atoms with van der Waals surface area (Å²) in [5, 5.41) is 7.09. The van der Waals surface area contributed by atoms with Crippen LogP contribution in [0.15, 0.2) is 253 Å². The van der Waals surface area contributed by atoms with Crippen molar-refractivity contribution in [3.05, 3.63) is 249 Å². The number of rotatable bonds is 8. The first-order valence-corrected chi connectivity index (χ1v) is 23.6. The molecule has 0 fully saturated rings. The van der Waals surface area contributed by atoms with E-state index in [0.717, 1.165) is 66.8 Å². The van der Waals surface area contributed by atoms with Crippen LogP contribution in [0.5, 0.6) is 0 Å². The van der Waals surface area contributed by atoms with Gasteiger partial charge in [-0.05, 0) is 122 Å². The highest BCUT2D eigenvalue weighted by Gasteiger charge is 2.25.